The second-order valence-electron chi connectivity index (χ2n) is 7.73. The Hall–Kier alpha value is -3.67. The van der Waals surface area contributed by atoms with Gasteiger partial charge in [-0.1, -0.05) is 18.2 Å². The number of phenols is 1. The molecule has 32 heavy (non-hydrogen) atoms. The lowest BCUT2D eigenvalue weighted by atomic mass is 10.1. The summed E-state index contributed by atoms with van der Waals surface area (Å²) in [6.45, 7) is 3.23. The number of carbonyl (C=O) groups excluding carboxylic acids is 1. The Balaban J connectivity index is 1.38. The van der Waals surface area contributed by atoms with Crippen molar-refractivity contribution < 1.29 is 9.90 Å². The van der Waals surface area contributed by atoms with E-state index < -0.39 is 0 Å². The highest BCUT2D eigenvalue weighted by atomic mass is 32.1. The molecule has 0 aliphatic carbocycles. The molecule has 0 radical (unpaired) electrons. The van der Waals surface area contributed by atoms with Gasteiger partial charge in [0.25, 0.3) is 5.91 Å². The molecular weight excluding hydrogens is 422 g/mol. The number of benzene rings is 1. The molecule has 1 aliphatic heterocycles. The van der Waals surface area contributed by atoms with Crippen LogP contribution in [-0.4, -0.2) is 64.0 Å². The predicted octanol–water partition coefficient (Wildman–Crippen LogP) is 3.80. The molecule has 7 nitrogen and oxygen atoms in total. The summed E-state index contributed by atoms with van der Waals surface area (Å²) in [5.41, 5.74) is 2.94. The molecule has 3 heterocycles. The van der Waals surface area contributed by atoms with Crippen LogP contribution in [0.4, 0.5) is 11.5 Å². The molecule has 1 aliphatic rings. The minimum Gasteiger partial charge on any atom is -0.508 e. The summed E-state index contributed by atoms with van der Waals surface area (Å²) in [4.78, 5) is 26.6. The van der Waals surface area contributed by atoms with Crippen LogP contribution in [0.15, 0.2) is 48.8 Å². The first-order chi connectivity index (χ1) is 15.6. The number of piperazine rings is 1. The van der Waals surface area contributed by atoms with E-state index in [0.717, 1.165) is 52.5 Å². The number of thiophene rings is 1. The molecule has 160 valence electrons. The van der Waals surface area contributed by atoms with Crippen molar-refractivity contribution in [2.45, 2.75) is 0 Å². The van der Waals surface area contributed by atoms with Gasteiger partial charge in [-0.3, -0.25) is 4.79 Å². The van der Waals surface area contributed by atoms with E-state index in [0.29, 0.717) is 11.4 Å². The van der Waals surface area contributed by atoms with Crippen LogP contribution < -0.4 is 5.32 Å². The first-order valence-corrected chi connectivity index (χ1v) is 11.1. The van der Waals surface area contributed by atoms with Crippen molar-refractivity contribution in [2.24, 2.45) is 0 Å². The lowest BCUT2D eigenvalue weighted by Gasteiger charge is -2.32. The highest BCUT2D eigenvalue weighted by molar-refractivity contribution is 7.22. The Morgan fingerprint density at radius 2 is 1.94 bits per heavy atom. The van der Waals surface area contributed by atoms with Gasteiger partial charge < -0.3 is 20.2 Å². The van der Waals surface area contributed by atoms with Crippen molar-refractivity contribution in [2.75, 3.05) is 38.5 Å². The van der Waals surface area contributed by atoms with E-state index in [4.69, 9.17) is 0 Å². The molecule has 4 aromatic rings. The predicted molar refractivity (Wildman–Crippen MR) is 125 cm³/mol. The van der Waals surface area contributed by atoms with Crippen LogP contribution in [0, 0.1) is 12.1 Å². The van der Waals surface area contributed by atoms with E-state index in [1.54, 1.807) is 29.5 Å². The van der Waals surface area contributed by atoms with Gasteiger partial charge in [-0.25, -0.2) is 9.97 Å². The zero-order valence-electron chi connectivity index (χ0n) is 17.5. The van der Waals surface area contributed by atoms with Crippen molar-refractivity contribution >= 4 is 39.0 Å². The van der Waals surface area contributed by atoms with Gasteiger partial charge in [-0.15, -0.1) is 11.3 Å². The number of aromatic nitrogens is 2. The largest absolute Gasteiger partial charge is 0.508 e. The number of hydrogen-bond donors (Lipinski definition) is 2. The molecular formula is C24H21N5O2S. The summed E-state index contributed by atoms with van der Waals surface area (Å²) in [7, 11) is 2.07. The summed E-state index contributed by atoms with van der Waals surface area (Å²) >= 11 is 1.54. The number of likely N-dealkylation sites (N-methyl/N-ethyl adjacent to an activating group) is 1. The number of nitrogens with one attached hydrogen (secondary N) is 1. The summed E-state index contributed by atoms with van der Waals surface area (Å²) < 4.78 is 0.900. The van der Waals surface area contributed by atoms with Gasteiger partial charge in [0.05, 0.1) is 15.8 Å². The molecule has 2 aromatic carbocycles. The second-order valence-corrected chi connectivity index (χ2v) is 8.78. The molecule has 0 spiro atoms. The molecule has 1 fully saturated rings. The number of anilines is 2. The van der Waals surface area contributed by atoms with Crippen LogP contribution >= 0.6 is 11.3 Å². The quantitative estimate of drug-likeness (QED) is 0.499. The average Bonchev–Trinajstić information content (AvgIpc) is 3.25. The molecule has 8 heteroatoms. The summed E-state index contributed by atoms with van der Waals surface area (Å²) in [5, 5.41) is 13.0. The maximum atomic E-state index is 12.8. The van der Waals surface area contributed by atoms with Crippen molar-refractivity contribution in [1.82, 2.24) is 19.8 Å². The number of rotatable bonds is 4. The second kappa shape index (κ2) is 8.46. The molecule has 1 amide bonds. The fraction of sp³-hybridized carbons (Fsp3) is 0.208. The molecule has 5 rings (SSSR count). The number of hydrogen-bond acceptors (Lipinski definition) is 7. The van der Waals surface area contributed by atoms with Crippen molar-refractivity contribution in [3.05, 3.63) is 66.5 Å². The monoisotopic (exact) mass is 443 g/mol. The first-order valence-electron chi connectivity index (χ1n) is 10.3. The number of fused-ring (bicyclic) bond motifs is 1. The zero-order valence-corrected chi connectivity index (χ0v) is 18.3. The average molecular weight is 444 g/mol. The van der Waals surface area contributed by atoms with Crippen LogP contribution in [0.2, 0.25) is 0 Å². The molecule has 0 saturated carbocycles. The summed E-state index contributed by atoms with van der Waals surface area (Å²) in [6, 6.07) is 18.8. The Kier molecular flexibility index (Phi) is 5.35. The highest BCUT2D eigenvalue weighted by Gasteiger charge is 2.20. The topological polar surface area (TPSA) is 81.6 Å². The summed E-state index contributed by atoms with van der Waals surface area (Å²) in [6.07, 6.45) is 1.51. The molecule has 1 saturated heterocycles. The van der Waals surface area contributed by atoms with Gasteiger partial charge in [0.1, 0.15) is 12.1 Å². The highest BCUT2D eigenvalue weighted by Crippen LogP contribution is 2.36. The van der Waals surface area contributed by atoms with E-state index in [2.05, 4.69) is 39.4 Å². The van der Waals surface area contributed by atoms with Gasteiger partial charge in [0.15, 0.2) is 5.82 Å². The summed E-state index contributed by atoms with van der Waals surface area (Å²) in [5.74, 6) is 0.854. The van der Waals surface area contributed by atoms with Crippen LogP contribution in [0.25, 0.3) is 20.7 Å². The fourth-order valence-electron chi connectivity index (χ4n) is 3.63. The van der Waals surface area contributed by atoms with Crippen LogP contribution in [0.1, 0.15) is 10.4 Å². The fourth-order valence-corrected chi connectivity index (χ4v) is 4.67. The van der Waals surface area contributed by atoms with Crippen molar-refractivity contribution in [3.63, 3.8) is 0 Å². The van der Waals surface area contributed by atoms with Gasteiger partial charge >= 0.3 is 0 Å². The number of amides is 1. The maximum absolute atomic E-state index is 12.8. The van der Waals surface area contributed by atoms with E-state index >= 15 is 0 Å². The van der Waals surface area contributed by atoms with Crippen LogP contribution in [0.5, 0.6) is 5.75 Å². The minimum atomic E-state index is 0.000655. The van der Waals surface area contributed by atoms with Gasteiger partial charge in [-0.2, -0.15) is 0 Å². The SMILES string of the molecule is CN1CCN(C(=O)c2c#cc(-c3cc4ncnc(Nc5cccc(O)c5)c4s3)cc2)CC1. The van der Waals surface area contributed by atoms with E-state index in [1.807, 2.05) is 29.2 Å². The Morgan fingerprint density at radius 1 is 1.09 bits per heavy atom. The van der Waals surface area contributed by atoms with Crippen LogP contribution in [-0.2, 0) is 0 Å². The number of aromatic hydroxyl groups is 1. The Morgan fingerprint density at radius 3 is 2.69 bits per heavy atom. The molecule has 0 atom stereocenters. The number of nitrogens with zero attached hydrogens (tertiary/aromatic N) is 4. The normalized spacial score (nSPS) is 14.3. The molecule has 0 unspecified atom stereocenters. The minimum absolute atomic E-state index is 0.000655. The Bertz CT molecular complexity index is 1260. The maximum Gasteiger partial charge on any atom is 0.262 e. The molecule has 2 N–H and O–H groups in total. The van der Waals surface area contributed by atoms with Crippen molar-refractivity contribution in [3.8, 4) is 16.2 Å². The molecule has 2 aromatic heterocycles. The van der Waals surface area contributed by atoms with E-state index in [9.17, 15) is 9.90 Å². The third kappa shape index (κ3) is 4.08. The van der Waals surface area contributed by atoms with Crippen molar-refractivity contribution in [1.29, 1.82) is 0 Å². The third-order valence-corrected chi connectivity index (χ3v) is 6.62. The van der Waals surface area contributed by atoms with Gasteiger partial charge in [0.2, 0.25) is 0 Å². The first kappa shape index (κ1) is 20.2. The van der Waals surface area contributed by atoms with Crippen LogP contribution in [0.3, 0.4) is 0 Å². The number of carbonyl (C=O) groups is 1. The lowest BCUT2D eigenvalue weighted by molar-refractivity contribution is 0.0664. The van der Waals surface area contributed by atoms with Gasteiger partial charge in [0, 0.05) is 48.4 Å². The Labute approximate surface area is 190 Å². The third-order valence-electron chi connectivity index (χ3n) is 5.45. The number of phenolic OH excluding ortho intramolecular Hbond substituents is 1. The molecule has 0 bridgehead atoms. The smallest absolute Gasteiger partial charge is 0.262 e. The standard InChI is InChI=1S/C24H21N5O2S/c1-28-9-11-29(12-10-28)24(31)17-7-5-16(6-8-17)21-14-20-22(32-21)23(26-15-25-20)27-18-3-2-4-19(30)13-18/h2-5,7,13-15,30H,9-12H2,1H3,(H,25,26,27). The zero-order chi connectivity index (χ0) is 22.1. The van der Waals surface area contributed by atoms with E-state index in [-0.39, 0.29) is 11.7 Å². The van der Waals surface area contributed by atoms with E-state index in [1.165, 1.54) is 6.33 Å². The lowest BCUT2D eigenvalue weighted by Crippen LogP contribution is -2.47. The van der Waals surface area contributed by atoms with Gasteiger partial charge in [-0.05, 0) is 37.4 Å².